The first kappa shape index (κ1) is 21.9. The molecule has 1 N–H and O–H groups in total. The molecule has 6 nitrogen and oxygen atoms in total. The lowest BCUT2D eigenvalue weighted by Gasteiger charge is -2.11. The van der Waals surface area contributed by atoms with E-state index in [0.717, 1.165) is 21.8 Å². The zero-order chi connectivity index (χ0) is 22.3. The first-order chi connectivity index (χ1) is 15.6. The van der Waals surface area contributed by atoms with Gasteiger partial charge in [0.25, 0.3) is 0 Å². The molecule has 162 valence electrons. The van der Waals surface area contributed by atoms with Crippen LogP contribution in [0.3, 0.4) is 0 Å². The van der Waals surface area contributed by atoms with Gasteiger partial charge in [-0.3, -0.25) is 4.79 Å². The molecule has 1 aromatic heterocycles. The highest BCUT2D eigenvalue weighted by atomic mass is 35.5. The Morgan fingerprint density at radius 1 is 1.03 bits per heavy atom. The largest absolute Gasteiger partial charge is 0.497 e. The summed E-state index contributed by atoms with van der Waals surface area (Å²) in [5.41, 5.74) is 2.67. The number of rotatable bonds is 8. The van der Waals surface area contributed by atoms with Crippen molar-refractivity contribution in [3.63, 3.8) is 0 Å². The van der Waals surface area contributed by atoms with Crippen molar-refractivity contribution in [3.05, 3.63) is 95.3 Å². The molecule has 3 aromatic carbocycles. The lowest BCUT2D eigenvalue weighted by molar-refractivity contribution is -0.115. The van der Waals surface area contributed by atoms with E-state index >= 15 is 0 Å². The second-order valence-electron chi connectivity index (χ2n) is 6.98. The van der Waals surface area contributed by atoms with Crippen LogP contribution in [0.25, 0.3) is 0 Å². The van der Waals surface area contributed by atoms with E-state index in [2.05, 4.69) is 15.4 Å². The van der Waals surface area contributed by atoms with Gasteiger partial charge < -0.3 is 10.1 Å². The summed E-state index contributed by atoms with van der Waals surface area (Å²) >= 11 is 7.51. The molecule has 0 radical (unpaired) electrons. The standard InChI is InChI=1S/C24H21ClN4O2S/c1-31-19-11-7-10-18(14-19)15-22(30)26-20-12-5-6-13-21(20)32-24-27-23(25)28-29(24)16-17-8-3-2-4-9-17/h2-14H,15-16H2,1H3,(H,26,30). The third kappa shape index (κ3) is 5.69. The minimum atomic E-state index is -0.116. The third-order valence-electron chi connectivity index (χ3n) is 4.65. The SMILES string of the molecule is COc1cccc(CC(=O)Nc2ccccc2Sc2nc(Cl)nn2Cc2ccccc2)c1. The summed E-state index contributed by atoms with van der Waals surface area (Å²) in [7, 11) is 1.61. The molecule has 0 aliphatic carbocycles. The first-order valence-electron chi connectivity index (χ1n) is 9.94. The Morgan fingerprint density at radius 2 is 1.78 bits per heavy atom. The summed E-state index contributed by atoms with van der Waals surface area (Å²) in [4.78, 5) is 17.9. The molecule has 4 rings (SSSR count). The molecule has 0 unspecified atom stereocenters. The van der Waals surface area contributed by atoms with Crippen molar-refractivity contribution < 1.29 is 9.53 Å². The average Bonchev–Trinajstić information content (AvgIpc) is 3.14. The molecule has 32 heavy (non-hydrogen) atoms. The average molecular weight is 465 g/mol. The van der Waals surface area contributed by atoms with Gasteiger partial charge in [0.2, 0.25) is 11.2 Å². The minimum absolute atomic E-state index is 0.116. The zero-order valence-electron chi connectivity index (χ0n) is 17.4. The topological polar surface area (TPSA) is 69.0 Å². The number of hydrogen-bond donors (Lipinski definition) is 1. The Bertz CT molecular complexity index is 1210. The highest BCUT2D eigenvalue weighted by Gasteiger charge is 2.15. The summed E-state index contributed by atoms with van der Waals surface area (Å²) in [5.74, 6) is 0.607. The maximum atomic E-state index is 12.7. The monoisotopic (exact) mass is 464 g/mol. The van der Waals surface area contributed by atoms with E-state index in [1.165, 1.54) is 11.8 Å². The summed E-state index contributed by atoms with van der Waals surface area (Å²) in [6.07, 6.45) is 0.242. The maximum absolute atomic E-state index is 12.7. The number of anilines is 1. The number of para-hydroxylation sites is 1. The fourth-order valence-corrected chi connectivity index (χ4v) is 4.29. The predicted molar refractivity (Wildman–Crippen MR) is 126 cm³/mol. The molecule has 0 aliphatic heterocycles. The van der Waals surface area contributed by atoms with Gasteiger partial charge in [-0.15, -0.1) is 5.10 Å². The number of nitrogens with one attached hydrogen (secondary N) is 1. The number of amides is 1. The molecule has 0 fully saturated rings. The summed E-state index contributed by atoms with van der Waals surface area (Å²) in [6, 6.07) is 25.1. The van der Waals surface area contributed by atoms with Crippen LogP contribution in [-0.4, -0.2) is 27.8 Å². The Morgan fingerprint density at radius 3 is 2.59 bits per heavy atom. The Labute approximate surface area is 195 Å². The molecule has 0 aliphatic rings. The number of methoxy groups -OCH3 is 1. The number of carbonyl (C=O) groups is 1. The second kappa shape index (κ2) is 10.3. The quantitative estimate of drug-likeness (QED) is 0.382. The fourth-order valence-electron chi connectivity index (χ4n) is 3.16. The highest BCUT2D eigenvalue weighted by Crippen LogP contribution is 2.33. The van der Waals surface area contributed by atoms with Crippen molar-refractivity contribution in [3.8, 4) is 5.75 Å². The van der Waals surface area contributed by atoms with E-state index in [4.69, 9.17) is 16.3 Å². The van der Waals surface area contributed by atoms with Crippen LogP contribution in [0, 0.1) is 0 Å². The van der Waals surface area contributed by atoms with Gasteiger partial charge in [-0.1, -0.05) is 54.6 Å². The van der Waals surface area contributed by atoms with Gasteiger partial charge in [0.1, 0.15) is 5.75 Å². The maximum Gasteiger partial charge on any atom is 0.243 e. The molecule has 0 atom stereocenters. The van der Waals surface area contributed by atoms with Crippen LogP contribution in [0.2, 0.25) is 5.28 Å². The van der Waals surface area contributed by atoms with Crippen LogP contribution in [0.1, 0.15) is 11.1 Å². The van der Waals surface area contributed by atoms with Crippen LogP contribution < -0.4 is 10.1 Å². The van der Waals surface area contributed by atoms with Gasteiger partial charge in [-0.05, 0) is 58.8 Å². The van der Waals surface area contributed by atoms with Crippen LogP contribution in [0.4, 0.5) is 5.69 Å². The highest BCUT2D eigenvalue weighted by molar-refractivity contribution is 7.99. The molecule has 1 heterocycles. The Balaban J connectivity index is 1.50. The number of halogens is 1. The third-order valence-corrected chi connectivity index (χ3v) is 5.87. The summed E-state index contributed by atoms with van der Waals surface area (Å²) in [6.45, 7) is 0.549. The van der Waals surface area contributed by atoms with E-state index in [1.807, 2.05) is 78.9 Å². The molecule has 8 heteroatoms. The van der Waals surface area contributed by atoms with E-state index in [9.17, 15) is 4.79 Å². The lowest BCUT2D eigenvalue weighted by Crippen LogP contribution is -2.15. The van der Waals surface area contributed by atoms with Crippen molar-refractivity contribution in [2.75, 3.05) is 12.4 Å². The molecule has 0 bridgehead atoms. The van der Waals surface area contributed by atoms with Gasteiger partial charge in [-0.2, -0.15) is 4.98 Å². The van der Waals surface area contributed by atoms with Gasteiger partial charge in [-0.25, -0.2) is 4.68 Å². The van der Waals surface area contributed by atoms with Crippen LogP contribution in [0.15, 0.2) is 88.9 Å². The van der Waals surface area contributed by atoms with Crippen molar-refractivity contribution in [1.29, 1.82) is 0 Å². The van der Waals surface area contributed by atoms with Crippen LogP contribution in [0.5, 0.6) is 5.75 Å². The predicted octanol–water partition coefficient (Wildman–Crippen LogP) is 5.32. The molecular formula is C24H21ClN4O2S. The smallest absolute Gasteiger partial charge is 0.243 e. The molecule has 0 spiro atoms. The molecule has 4 aromatic rings. The van der Waals surface area contributed by atoms with Crippen LogP contribution in [-0.2, 0) is 17.8 Å². The normalized spacial score (nSPS) is 10.7. The van der Waals surface area contributed by atoms with Crippen molar-refractivity contribution in [2.45, 2.75) is 23.0 Å². The van der Waals surface area contributed by atoms with Gasteiger partial charge in [0, 0.05) is 4.90 Å². The fraction of sp³-hybridized carbons (Fsp3) is 0.125. The number of hydrogen-bond acceptors (Lipinski definition) is 5. The van der Waals surface area contributed by atoms with Gasteiger partial charge in [0.05, 0.1) is 25.8 Å². The number of nitrogens with zero attached hydrogens (tertiary/aromatic N) is 3. The minimum Gasteiger partial charge on any atom is -0.497 e. The van der Waals surface area contributed by atoms with Gasteiger partial charge >= 0.3 is 0 Å². The Hall–Kier alpha value is -3.29. The molecular weight excluding hydrogens is 444 g/mol. The van der Waals surface area contributed by atoms with E-state index in [1.54, 1.807) is 11.8 Å². The summed E-state index contributed by atoms with van der Waals surface area (Å²) < 4.78 is 7.00. The molecule has 0 saturated heterocycles. The van der Waals surface area contributed by atoms with E-state index < -0.39 is 0 Å². The van der Waals surface area contributed by atoms with Gasteiger partial charge in [0.15, 0.2) is 5.16 Å². The summed E-state index contributed by atoms with van der Waals surface area (Å²) in [5, 5.41) is 8.15. The van der Waals surface area contributed by atoms with E-state index in [0.29, 0.717) is 17.4 Å². The molecule has 1 amide bonds. The lowest BCUT2D eigenvalue weighted by atomic mass is 10.1. The number of carbonyl (C=O) groups excluding carboxylic acids is 1. The molecule has 0 saturated carbocycles. The number of aromatic nitrogens is 3. The van der Waals surface area contributed by atoms with Crippen LogP contribution >= 0.6 is 23.4 Å². The van der Waals surface area contributed by atoms with Crippen molar-refractivity contribution in [1.82, 2.24) is 14.8 Å². The van der Waals surface area contributed by atoms with E-state index in [-0.39, 0.29) is 17.6 Å². The van der Waals surface area contributed by atoms with Crippen molar-refractivity contribution in [2.24, 2.45) is 0 Å². The zero-order valence-corrected chi connectivity index (χ0v) is 18.9. The van der Waals surface area contributed by atoms with Crippen molar-refractivity contribution >= 4 is 35.0 Å². The Kier molecular flexibility index (Phi) is 7.09. The first-order valence-corrected chi connectivity index (χ1v) is 11.1. The number of benzene rings is 3. The number of ether oxygens (including phenoxy) is 1. The second-order valence-corrected chi connectivity index (χ2v) is 8.33.